The molecule has 1 saturated heterocycles. The summed E-state index contributed by atoms with van der Waals surface area (Å²) in [5, 5.41) is 12.0. The molecule has 4 N–H and O–H groups in total. The summed E-state index contributed by atoms with van der Waals surface area (Å²) in [6.45, 7) is 0. The van der Waals surface area contributed by atoms with Gasteiger partial charge in [-0.05, 0) is 30.5 Å². The van der Waals surface area contributed by atoms with Crippen molar-refractivity contribution in [3.05, 3.63) is 29.8 Å². The summed E-state index contributed by atoms with van der Waals surface area (Å²) in [6.07, 6.45) is 1.55. The Balaban J connectivity index is 2.12. The molecule has 2 rings (SSSR count). The summed E-state index contributed by atoms with van der Waals surface area (Å²) in [6, 6.07) is 6.52. The van der Waals surface area contributed by atoms with Crippen LogP contribution < -0.4 is 11.1 Å². The lowest BCUT2D eigenvalue weighted by atomic mass is 9.95. The lowest BCUT2D eigenvalue weighted by molar-refractivity contribution is -0.124. The van der Waals surface area contributed by atoms with E-state index in [2.05, 4.69) is 5.32 Å². The van der Waals surface area contributed by atoms with Crippen LogP contribution in [0, 0.1) is 0 Å². The Morgan fingerprint density at radius 3 is 2.53 bits per heavy atom. The highest BCUT2D eigenvalue weighted by Crippen LogP contribution is 2.24. The number of nitrogens with two attached hydrogens (primary N) is 1. The molecule has 4 heteroatoms. The Morgan fingerprint density at radius 1 is 1.27 bits per heavy atom. The molecule has 0 aromatic heterocycles. The topological polar surface area (TPSA) is 75.3 Å². The molecule has 4 nitrogen and oxygen atoms in total. The second-order valence-electron chi connectivity index (χ2n) is 3.84. The highest BCUT2D eigenvalue weighted by Gasteiger charge is 2.25. The second kappa shape index (κ2) is 3.90. The molecule has 0 spiro atoms. The average Bonchev–Trinajstić information content (AvgIpc) is 2.23. The van der Waals surface area contributed by atoms with Crippen LogP contribution in [0.4, 0.5) is 0 Å². The maximum atomic E-state index is 11.4. The zero-order valence-corrected chi connectivity index (χ0v) is 8.31. The zero-order chi connectivity index (χ0) is 10.8. The van der Waals surface area contributed by atoms with Crippen molar-refractivity contribution in [2.45, 2.75) is 24.9 Å². The van der Waals surface area contributed by atoms with Gasteiger partial charge in [0.05, 0.1) is 12.1 Å². The van der Waals surface area contributed by atoms with Crippen molar-refractivity contribution < 1.29 is 9.90 Å². The Labute approximate surface area is 88.1 Å². The molecule has 1 heterocycles. The predicted octanol–water partition coefficient (Wildman–Crippen LogP) is 0.671. The standard InChI is InChI=1S/C11H14N2O2/c12-9-5-6-10(13-11(9)15)7-1-3-8(14)4-2-7/h1-4,9-10,14H,5-6,12H2,(H,13,15). The highest BCUT2D eigenvalue weighted by molar-refractivity contribution is 5.82. The van der Waals surface area contributed by atoms with E-state index in [1.807, 2.05) is 12.1 Å². The summed E-state index contributed by atoms with van der Waals surface area (Å²) in [4.78, 5) is 11.4. The Bertz CT molecular complexity index is 361. The molecule has 0 saturated carbocycles. The van der Waals surface area contributed by atoms with Crippen molar-refractivity contribution >= 4 is 5.91 Å². The number of hydrogen-bond donors (Lipinski definition) is 3. The highest BCUT2D eigenvalue weighted by atomic mass is 16.3. The van der Waals surface area contributed by atoms with E-state index in [1.165, 1.54) is 0 Å². The molecule has 0 radical (unpaired) electrons. The smallest absolute Gasteiger partial charge is 0.237 e. The van der Waals surface area contributed by atoms with Crippen LogP contribution in [0.1, 0.15) is 24.4 Å². The Hall–Kier alpha value is -1.55. The first-order chi connectivity index (χ1) is 7.16. The molecule has 1 aliphatic rings. The molecule has 1 fully saturated rings. The van der Waals surface area contributed by atoms with E-state index in [0.717, 1.165) is 12.0 Å². The van der Waals surface area contributed by atoms with Gasteiger partial charge in [-0.3, -0.25) is 4.79 Å². The van der Waals surface area contributed by atoms with Crippen molar-refractivity contribution in [1.29, 1.82) is 0 Å². The normalized spacial score (nSPS) is 26.1. The molecule has 15 heavy (non-hydrogen) atoms. The van der Waals surface area contributed by atoms with Gasteiger partial charge in [-0.25, -0.2) is 0 Å². The third-order valence-electron chi connectivity index (χ3n) is 2.72. The number of amides is 1. The number of rotatable bonds is 1. The van der Waals surface area contributed by atoms with Crippen molar-refractivity contribution in [3.63, 3.8) is 0 Å². The molecule has 1 amide bonds. The minimum absolute atomic E-state index is 0.0258. The quantitative estimate of drug-likeness (QED) is 0.632. The van der Waals surface area contributed by atoms with Crippen LogP contribution in [-0.2, 0) is 4.79 Å². The minimum Gasteiger partial charge on any atom is -0.508 e. The molecule has 80 valence electrons. The van der Waals surface area contributed by atoms with E-state index in [4.69, 9.17) is 10.8 Å². The first kappa shape index (κ1) is 9.98. The fourth-order valence-electron chi connectivity index (χ4n) is 1.78. The summed E-state index contributed by atoms with van der Waals surface area (Å²) in [5.74, 6) is 0.136. The summed E-state index contributed by atoms with van der Waals surface area (Å²) in [5.41, 5.74) is 6.60. The van der Waals surface area contributed by atoms with Gasteiger partial charge in [0.1, 0.15) is 5.75 Å². The maximum Gasteiger partial charge on any atom is 0.237 e. The van der Waals surface area contributed by atoms with Crippen LogP contribution in [0.5, 0.6) is 5.75 Å². The van der Waals surface area contributed by atoms with Gasteiger partial charge in [-0.1, -0.05) is 12.1 Å². The van der Waals surface area contributed by atoms with Crippen LogP contribution in [0.2, 0.25) is 0 Å². The number of carbonyl (C=O) groups excluding carboxylic acids is 1. The van der Waals surface area contributed by atoms with Crippen LogP contribution in [0.25, 0.3) is 0 Å². The van der Waals surface area contributed by atoms with Crippen LogP contribution in [0.15, 0.2) is 24.3 Å². The minimum atomic E-state index is -0.377. The average molecular weight is 206 g/mol. The van der Waals surface area contributed by atoms with Gasteiger partial charge >= 0.3 is 0 Å². The molecule has 1 aromatic rings. The monoisotopic (exact) mass is 206 g/mol. The number of piperidine rings is 1. The van der Waals surface area contributed by atoms with Gasteiger partial charge in [-0.15, -0.1) is 0 Å². The first-order valence-corrected chi connectivity index (χ1v) is 5.01. The Kier molecular flexibility index (Phi) is 2.60. The third kappa shape index (κ3) is 2.10. The van der Waals surface area contributed by atoms with Crippen molar-refractivity contribution in [2.75, 3.05) is 0 Å². The summed E-state index contributed by atoms with van der Waals surface area (Å²) in [7, 11) is 0. The number of nitrogens with one attached hydrogen (secondary N) is 1. The Morgan fingerprint density at radius 2 is 1.93 bits per heavy atom. The molecule has 2 atom stereocenters. The lowest BCUT2D eigenvalue weighted by Gasteiger charge is -2.27. The molecule has 2 unspecified atom stereocenters. The third-order valence-corrected chi connectivity index (χ3v) is 2.72. The predicted molar refractivity (Wildman–Crippen MR) is 56.2 cm³/mol. The van der Waals surface area contributed by atoms with E-state index in [0.29, 0.717) is 6.42 Å². The number of phenolic OH excluding ortho intramolecular Hbond substituents is 1. The van der Waals surface area contributed by atoms with E-state index < -0.39 is 0 Å². The second-order valence-corrected chi connectivity index (χ2v) is 3.84. The SMILES string of the molecule is NC1CCC(c2ccc(O)cc2)NC1=O. The fraction of sp³-hybridized carbons (Fsp3) is 0.364. The van der Waals surface area contributed by atoms with Crippen LogP contribution >= 0.6 is 0 Å². The first-order valence-electron chi connectivity index (χ1n) is 5.01. The van der Waals surface area contributed by atoms with Gasteiger partial charge < -0.3 is 16.2 Å². The van der Waals surface area contributed by atoms with E-state index in [9.17, 15) is 4.79 Å². The van der Waals surface area contributed by atoms with Crippen molar-refractivity contribution in [3.8, 4) is 5.75 Å². The molecule has 1 aliphatic heterocycles. The van der Waals surface area contributed by atoms with Gasteiger partial charge in [0.2, 0.25) is 5.91 Å². The van der Waals surface area contributed by atoms with Crippen LogP contribution in [-0.4, -0.2) is 17.1 Å². The molecule has 1 aromatic carbocycles. The molecule has 0 aliphatic carbocycles. The molecular formula is C11H14N2O2. The zero-order valence-electron chi connectivity index (χ0n) is 8.31. The number of benzene rings is 1. The number of hydrogen-bond acceptors (Lipinski definition) is 3. The largest absolute Gasteiger partial charge is 0.508 e. The van der Waals surface area contributed by atoms with Crippen molar-refractivity contribution in [1.82, 2.24) is 5.32 Å². The summed E-state index contributed by atoms with van der Waals surface area (Å²) >= 11 is 0. The van der Waals surface area contributed by atoms with Gasteiger partial charge in [0.25, 0.3) is 0 Å². The fourth-order valence-corrected chi connectivity index (χ4v) is 1.78. The van der Waals surface area contributed by atoms with Gasteiger partial charge in [-0.2, -0.15) is 0 Å². The lowest BCUT2D eigenvalue weighted by Crippen LogP contribution is -2.46. The number of phenols is 1. The maximum absolute atomic E-state index is 11.4. The van der Waals surface area contributed by atoms with Gasteiger partial charge in [0, 0.05) is 0 Å². The van der Waals surface area contributed by atoms with Crippen molar-refractivity contribution in [2.24, 2.45) is 5.73 Å². The summed E-state index contributed by atoms with van der Waals surface area (Å²) < 4.78 is 0. The van der Waals surface area contributed by atoms with Crippen LogP contribution in [0.3, 0.4) is 0 Å². The van der Waals surface area contributed by atoms with E-state index >= 15 is 0 Å². The number of carbonyl (C=O) groups is 1. The van der Waals surface area contributed by atoms with E-state index in [-0.39, 0.29) is 23.7 Å². The van der Waals surface area contributed by atoms with Gasteiger partial charge in [0.15, 0.2) is 0 Å². The molecular weight excluding hydrogens is 192 g/mol. The number of aromatic hydroxyl groups is 1. The molecule has 0 bridgehead atoms. The van der Waals surface area contributed by atoms with E-state index in [1.54, 1.807) is 12.1 Å².